The summed E-state index contributed by atoms with van der Waals surface area (Å²) in [4.78, 5) is 4.41. The molecule has 6 heteroatoms. The van der Waals surface area contributed by atoms with Gasteiger partial charge >= 0.3 is 0 Å². The van der Waals surface area contributed by atoms with Gasteiger partial charge in [-0.15, -0.1) is 0 Å². The third-order valence-electron chi connectivity index (χ3n) is 3.83. The van der Waals surface area contributed by atoms with Crippen molar-refractivity contribution in [3.8, 4) is 0 Å². The highest BCUT2D eigenvalue weighted by atomic mass is 32.2. The van der Waals surface area contributed by atoms with Crippen molar-refractivity contribution in [3.63, 3.8) is 0 Å². The van der Waals surface area contributed by atoms with Crippen LogP contribution in [0.3, 0.4) is 0 Å². The minimum atomic E-state index is -2.89. The molecule has 1 unspecified atom stereocenters. The number of nitrogens with two attached hydrogens (primary N) is 1. The summed E-state index contributed by atoms with van der Waals surface area (Å²) < 4.78 is 23.4. The Kier molecular flexibility index (Phi) is 5.58. The highest BCUT2D eigenvalue weighted by Gasteiger charge is 2.44. The maximum atomic E-state index is 11.7. The number of nitrogens with zero attached hydrogens (tertiary/aromatic N) is 2. The van der Waals surface area contributed by atoms with E-state index in [1.54, 1.807) is 0 Å². The molecular weight excluding hydrogens is 250 g/mol. The molecule has 108 valence electrons. The largest absolute Gasteiger partial charge is 0.329 e. The van der Waals surface area contributed by atoms with Crippen LogP contribution in [-0.2, 0) is 9.84 Å². The van der Waals surface area contributed by atoms with Crippen LogP contribution in [0.25, 0.3) is 0 Å². The molecule has 1 fully saturated rings. The summed E-state index contributed by atoms with van der Waals surface area (Å²) in [7, 11) is 1.21. The fourth-order valence-corrected chi connectivity index (χ4v) is 4.85. The van der Waals surface area contributed by atoms with Gasteiger partial charge in [-0.05, 0) is 46.6 Å². The number of likely N-dealkylation sites (N-methyl/N-ethyl adjacent to an activating group) is 1. The van der Waals surface area contributed by atoms with Gasteiger partial charge in [0.05, 0.1) is 11.5 Å². The van der Waals surface area contributed by atoms with Crippen molar-refractivity contribution in [2.75, 3.05) is 51.8 Å². The maximum Gasteiger partial charge on any atom is 0.152 e. The fraction of sp³-hybridized carbons (Fsp3) is 1.00. The van der Waals surface area contributed by atoms with Crippen LogP contribution in [0.5, 0.6) is 0 Å². The van der Waals surface area contributed by atoms with Gasteiger partial charge in [-0.3, -0.25) is 4.90 Å². The molecule has 1 aliphatic rings. The third-order valence-corrected chi connectivity index (χ3v) is 5.64. The van der Waals surface area contributed by atoms with Crippen LogP contribution in [0.1, 0.15) is 19.8 Å². The first-order valence-corrected chi connectivity index (χ1v) is 8.47. The molecule has 0 amide bonds. The second-order valence-corrected chi connectivity index (χ2v) is 7.69. The Morgan fingerprint density at radius 2 is 1.94 bits per heavy atom. The molecule has 18 heavy (non-hydrogen) atoms. The summed E-state index contributed by atoms with van der Waals surface area (Å²) in [5, 5.41) is 0. The molecule has 5 nitrogen and oxygen atoms in total. The molecule has 1 saturated heterocycles. The van der Waals surface area contributed by atoms with E-state index in [4.69, 9.17) is 5.73 Å². The standard InChI is InChI=1S/C12H27N3O2S/c1-4-15(8-5-7-14(2)3)12(10-13)6-9-18(16,17)11-12/h4-11,13H2,1-3H3. The topological polar surface area (TPSA) is 66.6 Å². The summed E-state index contributed by atoms with van der Waals surface area (Å²) >= 11 is 0. The molecule has 1 atom stereocenters. The van der Waals surface area contributed by atoms with E-state index in [0.717, 1.165) is 26.1 Å². The van der Waals surface area contributed by atoms with E-state index in [-0.39, 0.29) is 17.0 Å². The van der Waals surface area contributed by atoms with Gasteiger partial charge in [0.15, 0.2) is 9.84 Å². The predicted molar refractivity (Wildman–Crippen MR) is 75.5 cm³/mol. The van der Waals surface area contributed by atoms with Crippen LogP contribution in [0.15, 0.2) is 0 Å². The van der Waals surface area contributed by atoms with E-state index < -0.39 is 9.84 Å². The molecule has 1 aliphatic heterocycles. The lowest BCUT2D eigenvalue weighted by atomic mass is 9.96. The van der Waals surface area contributed by atoms with Crippen LogP contribution < -0.4 is 5.73 Å². The average Bonchev–Trinajstić information content (AvgIpc) is 2.61. The maximum absolute atomic E-state index is 11.7. The van der Waals surface area contributed by atoms with Crippen molar-refractivity contribution >= 4 is 9.84 Å². The lowest BCUT2D eigenvalue weighted by Gasteiger charge is -2.39. The SMILES string of the molecule is CCN(CCCN(C)C)C1(CN)CCS(=O)(=O)C1. The monoisotopic (exact) mass is 277 g/mol. The molecule has 0 aromatic carbocycles. The molecule has 1 heterocycles. The van der Waals surface area contributed by atoms with E-state index in [2.05, 4.69) is 30.8 Å². The molecule has 1 rings (SSSR count). The van der Waals surface area contributed by atoms with Crippen molar-refractivity contribution in [1.29, 1.82) is 0 Å². The second-order valence-electron chi connectivity index (χ2n) is 5.51. The van der Waals surface area contributed by atoms with Crippen molar-refractivity contribution in [3.05, 3.63) is 0 Å². The Labute approximate surface area is 111 Å². The van der Waals surface area contributed by atoms with Crippen LogP contribution in [0.4, 0.5) is 0 Å². The van der Waals surface area contributed by atoms with Gasteiger partial charge in [0, 0.05) is 12.1 Å². The van der Waals surface area contributed by atoms with Gasteiger partial charge in [-0.25, -0.2) is 8.42 Å². The average molecular weight is 277 g/mol. The van der Waals surface area contributed by atoms with E-state index >= 15 is 0 Å². The van der Waals surface area contributed by atoms with Crippen molar-refractivity contribution in [2.24, 2.45) is 5.73 Å². The molecule has 0 radical (unpaired) electrons. The second kappa shape index (κ2) is 6.32. The third kappa shape index (κ3) is 3.91. The van der Waals surface area contributed by atoms with Gasteiger partial charge < -0.3 is 10.6 Å². The van der Waals surface area contributed by atoms with Gasteiger partial charge in [-0.2, -0.15) is 0 Å². The summed E-state index contributed by atoms with van der Waals surface area (Å²) in [5.41, 5.74) is 5.56. The van der Waals surface area contributed by atoms with E-state index in [1.165, 1.54) is 0 Å². The fourth-order valence-electron chi connectivity index (χ4n) is 2.75. The summed E-state index contributed by atoms with van der Waals surface area (Å²) in [6.07, 6.45) is 1.73. The highest BCUT2D eigenvalue weighted by molar-refractivity contribution is 7.91. The molecule has 0 aliphatic carbocycles. The van der Waals surface area contributed by atoms with Crippen molar-refractivity contribution in [1.82, 2.24) is 9.80 Å². The molecule has 0 saturated carbocycles. The minimum absolute atomic E-state index is 0.228. The Bertz CT molecular complexity index is 356. The number of hydrogen-bond donors (Lipinski definition) is 1. The first-order valence-electron chi connectivity index (χ1n) is 6.65. The van der Waals surface area contributed by atoms with Crippen LogP contribution >= 0.6 is 0 Å². The lowest BCUT2D eigenvalue weighted by molar-refractivity contribution is 0.118. The Morgan fingerprint density at radius 3 is 2.33 bits per heavy atom. The quantitative estimate of drug-likeness (QED) is 0.697. The van der Waals surface area contributed by atoms with Crippen LogP contribution in [0, 0.1) is 0 Å². The number of hydrogen-bond acceptors (Lipinski definition) is 5. The molecule has 0 aromatic heterocycles. The number of rotatable bonds is 7. The Balaban J connectivity index is 2.67. The van der Waals surface area contributed by atoms with Gasteiger partial charge in [0.25, 0.3) is 0 Å². The zero-order valence-corrected chi connectivity index (χ0v) is 12.7. The van der Waals surface area contributed by atoms with Crippen molar-refractivity contribution < 1.29 is 8.42 Å². The first kappa shape index (κ1) is 15.9. The zero-order chi connectivity index (χ0) is 13.8. The molecule has 0 aromatic rings. The van der Waals surface area contributed by atoms with Crippen molar-refractivity contribution in [2.45, 2.75) is 25.3 Å². The summed E-state index contributed by atoms with van der Waals surface area (Å²) in [6.45, 7) is 5.31. The molecule has 2 N–H and O–H groups in total. The van der Waals surface area contributed by atoms with Crippen LogP contribution in [0.2, 0.25) is 0 Å². The number of sulfone groups is 1. The van der Waals surface area contributed by atoms with E-state index in [1.807, 2.05) is 0 Å². The van der Waals surface area contributed by atoms with Gasteiger partial charge in [0.1, 0.15) is 0 Å². The summed E-state index contributed by atoms with van der Waals surface area (Å²) in [6, 6.07) is 0. The minimum Gasteiger partial charge on any atom is -0.329 e. The summed E-state index contributed by atoms with van der Waals surface area (Å²) in [5.74, 6) is 0.515. The van der Waals surface area contributed by atoms with E-state index in [9.17, 15) is 8.42 Å². The predicted octanol–water partition coefficient (Wildman–Crippen LogP) is -0.224. The van der Waals surface area contributed by atoms with Gasteiger partial charge in [0.2, 0.25) is 0 Å². The normalized spacial score (nSPS) is 27.2. The van der Waals surface area contributed by atoms with E-state index in [0.29, 0.717) is 13.0 Å². The Hall–Kier alpha value is -0.170. The molecule has 0 spiro atoms. The highest BCUT2D eigenvalue weighted by Crippen LogP contribution is 2.29. The molecular formula is C12H27N3O2S. The lowest BCUT2D eigenvalue weighted by Crippen LogP contribution is -2.55. The Morgan fingerprint density at radius 1 is 1.28 bits per heavy atom. The van der Waals surface area contributed by atoms with Gasteiger partial charge in [-0.1, -0.05) is 6.92 Å². The smallest absolute Gasteiger partial charge is 0.152 e. The van der Waals surface area contributed by atoms with Crippen LogP contribution in [-0.4, -0.2) is 75.5 Å². The zero-order valence-electron chi connectivity index (χ0n) is 11.9. The molecule has 0 bridgehead atoms. The first-order chi connectivity index (χ1) is 8.35.